The minimum Gasteiger partial charge on any atom is -0.373 e. The lowest BCUT2D eigenvalue weighted by atomic mass is 10.1. The standard InChI is InChI=1S/C16H21N3O2/c1-11-9-19(10-12(2)21-11)13(3)16(20)18-15-6-4-5-14(7-15)8-17/h4-7,11-13H,9-10H2,1-3H3,(H,18,20)/t11-,12+,13-/m1/s1. The Kier molecular flexibility index (Phi) is 4.94. The van der Waals surface area contributed by atoms with Crippen molar-refractivity contribution >= 4 is 11.6 Å². The van der Waals surface area contributed by atoms with Crippen molar-refractivity contribution in [2.24, 2.45) is 0 Å². The number of morpholine rings is 1. The molecule has 0 aromatic heterocycles. The highest BCUT2D eigenvalue weighted by Gasteiger charge is 2.29. The summed E-state index contributed by atoms with van der Waals surface area (Å²) in [7, 11) is 0. The third-order valence-corrected chi connectivity index (χ3v) is 3.63. The van der Waals surface area contributed by atoms with E-state index in [4.69, 9.17) is 10.00 Å². The molecule has 5 nitrogen and oxygen atoms in total. The number of benzene rings is 1. The molecule has 1 heterocycles. The summed E-state index contributed by atoms with van der Waals surface area (Å²) in [6, 6.07) is 8.77. The summed E-state index contributed by atoms with van der Waals surface area (Å²) in [5.74, 6) is -0.0635. The summed E-state index contributed by atoms with van der Waals surface area (Å²) in [5, 5.41) is 11.8. The lowest BCUT2D eigenvalue weighted by Gasteiger charge is -2.38. The van der Waals surface area contributed by atoms with Gasteiger partial charge >= 0.3 is 0 Å². The third-order valence-electron chi connectivity index (χ3n) is 3.63. The van der Waals surface area contributed by atoms with Crippen LogP contribution in [0.25, 0.3) is 0 Å². The molecule has 0 saturated carbocycles. The number of hydrogen-bond acceptors (Lipinski definition) is 4. The molecule has 1 aliphatic heterocycles. The van der Waals surface area contributed by atoms with Crippen LogP contribution in [0.15, 0.2) is 24.3 Å². The molecule has 0 radical (unpaired) electrons. The van der Waals surface area contributed by atoms with Gasteiger partial charge in [-0.2, -0.15) is 5.26 Å². The van der Waals surface area contributed by atoms with Crippen LogP contribution < -0.4 is 5.32 Å². The number of nitrogens with one attached hydrogen (secondary N) is 1. The molecule has 0 unspecified atom stereocenters. The molecule has 0 bridgehead atoms. The Morgan fingerprint density at radius 1 is 1.43 bits per heavy atom. The average Bonchev–Trinajstić information content (AvgIpc) is 2.45. The van der Waals surface area contributed by atoms with Crippen LogP contribution in [-0.4, -0.2) is 42.1 Å². The smallest absolute Gasteiger partial charge is 0.241 e. The quantitative estimate of drug-likeness (QED) is 0.923. The summed E-state index contributed by atoms with van der Waals surface area (Å²) in [4.78, 5) is 14.5. The van der Waals surface area contributed by atoms with Crippen LogP contribution in [0.4, 0.5) is 5.69 Å². The predicted molar refractivity (Wildman–Crippen MR) is 80.8 cm³/mol. The van der Waals surface area contributed by atoms with Crippen LogP contribution >= 0.6 is 0 Å². The largest absolute Gasteiger partial charge is 0.373 e. The van der Waals surface area contributed by atoms with Gasteiger partial charge in [0.1, 0.15) is 0 Å². The first kappa shape index (κ1) is 15.5. The van der Waals surface area contributed by atoms with Crippen molar-refractivity contribution in [1.29, 1.82) is 5.26 Å². The highest BCUT2D eigenvalue weighted by atomic mass is 16.5. The molecule has 1 amide bonds. The number of carbonyl (C=O) groups is 1. The van der Waals surface area contributed by atoms with E-state index in [1.165, 1.54) is 0 Å². The number of rotatable bonds is 3. The Labute approximate surface area is 125 Å². The van der Waals surface area contributed by atoms with E-state index in [0.29, 0.717) is 11.3 Å². The van der Waals surface area contributed by atoms with Crippen molar-refractivity contribution in [3.63, 3.8) is 0 Å². The lowest BCUT2D eigenvalue weighted by Crippen LogP contribution is -2.52. The second-order valence-corrected chi connectivity index (χ2v) is 5.57. The van der Waals surface area contributed by atoms with Crippen molar-refractivity contribution < 1.29 is 9.53 Å². The van der Waals surface area contributed by atoms with Crippen LogP contribution in [0.3, 0.4) is 0 Å². The zero-order chi connectivity index (χ0) is 15.4. The normalized spacial score (nSPS) is 24.1. The van der Waals surface area contributed by atoms with Crippen molar-refractivity contribution in [1.82, 2.24) is 4.90 Å². The van der Waals surface area contributed by atoms with Gasteiger partial charge in [0, 0.05) is 18.8 Å². The van der Waals surface area contributed by atoms with E-state index in [0.717, 1.165) is 13.1 Å². The number of hydrogen-bond donors (Lipinski definition) is 1. The number of ether oxygens (including phenoxy) is 1. The van der Waals surface area contributed by atoms with E-state index in [9.17, 15) is 4.79 Å². The van der Waals surface area contributed by atoms with Crippen molar-refractivity contribution in [2.75, 3.05) is 18.4 Å². The Morgan fingerprint density at radius 3 is 2.71 bits per heavy atom. The van der Waals surface area contributed by atoms with Crippen LogP contribution in [0, 0.1) is 11.3 Å². The van der Waals surface area contributed by atoms with E-state index in [2.05, 4.69) is 16.3 Å². The van der Waals surface area contributed by atoms with Gasteiger partial charge in [0.05, 0.1) is 29.9 Å². The monoisotopic (exact) mass is 287 g/mol. The van der Waals surface area contributed by atoms with Gasteiger partial charge in [-0.25, -0.2) is 0 Å². The van der Waals surface area contributed by atoms with Gasteiger partial charge < -0.3 is 10.1 Å². The zero-order valence-electron chi connectivity index (χ0n) is 12.7. The fraction of sp³-hybridized carbons (Fsp3) is 0.500. The first-order chi connectivity index (χ1) is 9.99. The van der Waals surface area contributed by atoms with E-state index in [1.807, 2.05) is 20.8 Å². The van der Waals surface area contributed by atoms with Gasteiger partial charge in [-0.05, 0) is 39.0 Å². The maximum Gasteiger partial charge on any atom is 0.241 e. The van der Waals surface area contributed by atoms with Gasteiger partial charge in [0.2, 0.25) is 5.91 Å². The van der Waals surface area contributed by atoms with Crippen molar-refractivity contribution in [3.05, 3.63) is 29.8 Å². The van der Waals surface area contributed by atoms with E-state index in [1.54, 1.807) is 24.3 Å². The Bertz CT molecular complexity index is 543. The average molecular weight is 287 g/mol. The lowest BCUT2D eigenvalue weighted by molar-refractivity contribution is -0.126. The first-order valence-corrected chi connectivity index (χ1v) is 7.20. The molecule has 5 heteroatoms. The molecule has 1 fully saturated rings. The summed E-state index contributed by atoms with van der Waals surface area (Å²) in [6.07, 6.45) is 0.261. The van der Waals surface area contributed by atoms with E-state index >= 15 is 0 Å². The minimum atomic E-state index is -0.232. The summed E-state index contributed by atoms with van der Waals surface area (Å²) >= 11 is 0. The number of nitrogens with zero attached hydrogens (tertiary/aromatic N) is 2. The van der Waals surface area contributed by atoms with Gasteiger partial charge in [-0.1, -0.05) is 6.07 Å². The molecule has 0 aliphatic carbocycles. The fourth-order valence-corrected chi connectivity index (χ4v) is 2.61. The van der Waals surface area contributed by atoms with Gasteiger partial charge in [-0.3, -0.25) is 9.69 Å². The molecule has 1 aromatic carbocycles. The van der Waals surface area contributed by atoms with E-state index in [-0.39, 0.29) is 24.2 Å². The van der Waals surface area contributed by atoms with Crippen LogP contribution in [0.2, 0.25) is 0 Å². The second kappa shape index (κ2) is 6.70. The molecule has 112 valence electrons. The molecular weight excluding hydrogens is 266 g/mol. The highest BCUT2D eigenvalue weighted by molar-refractivity contribution is 5.94. The Hall–Kier alpha value is -1.90. The third kappa shape index (κ3) is 4.03. The minimum absolute atomic E-state index is 0.0635. The molecule has 1 aliphatic rings. The first-order valence-electron chi connectivity index (χ1n) is 7.20. The van der Waals surface area contributed by atoms with Gasteiger partial charge in [-0.15, -0.1) is 0 Å². The number of anilines is 1. The summed E-state index contributed by atoms with van der Waals surface area (Å²) in [5.41, 5.74) is 1.19. The SMILES string of the molecule is C[C@@H]1CN([C@H](C)C(=O)Nc2cccc(C#N)c2)C[C@H](C)O1. The molecule has 3 atom stereocenters. The molecule has 1 saturated heterocycles. The van der Waals surface area contributed by atoms with Crippen LogP contribution in [0.5, 0.6) is 0 Å². The molecule has 21 heavy (non-hydrogen) atoms. The van der Waals surface area contributed by atoms with Crippen molar-refractivity contribution in [2.45, 2.75) is 39.0 Å². The number of nitriles is 1. The van der Waals surface area contributed by atoms with Gasteiger partial charge in [0.15, 0.2) is 0 Å². The number of carbonyl (C=O) groups excluding carboxylic acids is 1. The van der Waals surface area contributed by atoms with Crippen LogP contribution in [0.1, 0.15) is 26.3 Å². The maximum atomic E-state index is 12.3. The van der Waals surface area contributed by atoms with Crippen molar-refractivity contribution in [3.8, 4) is 6.07 Å². The molecular formula is C16H21N3O2. The summed E-state index contributed by atoms with van der Waals surface area (Å²) < 4.78 is 5.69. The summed E-state index contributed by atoms with van der Waals surface area (Å²) in [6.45, 7) is 7.43. The Morgan fingerprint density at radius 2 is 2.10 bits per heavy atom. The molecule has 1 aromatic rings. The topological polar surface area (TPSA) is 65.4 Å². The second-order valence-electron chi connectivity index (χ2n) is 5.57. The maximum absolute atomic E-state index is 12.3. The van der Waals surface area contributed by atoms with Crippen LogP contribution in [-0.2, 0) is 9.53 Å². The molecule has 2 rings (SSSR count). The molecule has 0 spiro atoms. The zero-order valence-corrected chi connectivity index (χ0v) is 12.7. The predicted octanol–water partition coefficient (Wildman–Crippen LogP) is 1.99. The Balaban J connectivity index is 2.00. The van der Waals surface area contributed by atoms with E-state index < -0.39 is 0 Å². The van der Waals surface area contributed by atoms with Gasteiger partial charge in [0.25, 0.3) is 0 Å². The fourth-order valence-electron chi connectivity index (χ4n) is 2.61. The molecule has 1 N–H and O–H groups in total. The number of amides is 1. The highest BCUT2D eigenvalue weighted by Crippen LogP contribution is 2.16.